The van der Waals surface area contributed by atoms with Gasteiger partial charge in [0.25, 0.3) is 0 Å². The van der Waals surface area contributed by atoms with E-state index in [1.807, 2.05) is 26.7 Å². The molecule has 1 aromatic carbocycles. The van der Waals surface area contributed by atoms with Crippen LogP contribution in [-0.2, 0) is 17.6 Å². The van der Waals surface area contributed by atoms with Crippen LogP contribution < -0.4 is 4.74 Å². The molecule has 9 nitrogen and oxygen atoms in total. The second kappa shape index (κ2) is 9.20. The third-order valence-corrected chi connectivity index (χ3v) is 8.33. The minimum absolute atomic E-state index is 0.102. The van der Waals surface area contributed by atoms with E-state index in [2.05, 4.69) is 33.5 Å². The lowest BCUT2D eigenvalue weighted by atomic mass is 9.98. The Labute approximate surface area is 219 Å². The number of fused-ring (bicyclic) bond motifs is 2. The number of methoxy groups -OCH3 is 1. The molecule has 4 aromatic rings. The van der Waals surface area contributed by atoms with E-state index in [0.717, 1.165) is 71.5 Å². The Bertz CT molecular complexity index is 1520. The number of hydrogen-bond donors (Lipinski definition) is 1. The van der Waals surface area contributed by atoms with Crippen LogP contribution in [0.15, 0.2) is 36.7 Å². The van der Waals surface area contributed by atoms with Gasteiger partial charge in [-0.3, -0.25) is 19.5 Å². The second-order valence-electron chi connectivity index (χ2n) is 10.4. The predicted octanol–water partition coefficient (Wildman–Crippen LogP) is 3.41. The second-order valence-corrected chi connectivity index (χ2v) is 10.4. The smallest absolute Gasteiger partial charge is 0.240 e. The van der Waals surface area contributed by atoms with Gasteiger partial charge in [-0.1, -0.05) is 18.2 Å². The molecule has 7 rings (SSSR count). The minimum Gasteiger partial charge on any atom is -0.494 e. The van der Waals surface area contributed by atoms with Crippen molar-refractivity contribution < 1.29 is 13.9 Å². The van der Waals surface area contributed by atoms with Crippen LogP contribution in [0.3, 0.4) is 0 Å². The van der Waals surface area contributed by atoms with Crippen LogP contribution in [0, 0.1) is 0 Å². The van der Waals surface area contributed by atoms with E-state index in [1.54, 1.807) is 13.3 Å². The Balaban J connectivity index is 1.14. The number of nitrogens with one attached hydrogen (secondary N) is 1. The third kappa shape index (κ3) is 3.69. The number of likely N-dealkylation sites (tertiary alicyclic amines) is 2. The lowest BCUT2D eigenvalue weighted by Crippen LogP contribution is -2.62. The molecular weight excluding hydrogens is 485 g/mol. The molecule has 2 saturated heterocycles. The van der Waals surface area contributed by atoms with E-state index < -0.39 is 6.67 Å². The summed E-state index contributed by atoms with van der Waals surface area (Å²) in [6, 6.07) is 8.34. The molecule has 2 fully saturated rings. The number of amides is 1. The number of alkyl halides is 1. The number of benzene rings is 1. The van der Waals surface area contributed by atoms with Crippen LogP contribution in [0.5, 0.6) is 5.75 Å². The molecule has 5 heterocycles. The molecule has 196 valence electrons. The van der Waals surface area contributed by atoms with Gasteiger partial charge in [0.1, 0.15) is 29.3 Å². The van der Waals surface area contributed by atoms with Crippen molar-refractivity contribution in [2.75, 3.05) is 40.0 Å². The van der Waals surface area contributed by atoms with E-state index >= 15 is 0 Å². The number of aromatic nitrogens is 5. The largest absolute Gasteiger partial charge is 0.494 e. The van der Waals surface area contributed by atoms with Crippen LogP contribution in [0.25, 0.3) is 33.5 Å². The van der Waals surface area contributed by atoms with Crippen LogP contribution in [0.2, 0.25) is 0 Å². The van der Waals surface area contributed by atoms with Crippen LogP contribution in [0.1, 0.15) is 30.0 Å². The van der Waals surface area contributed by atoms with E-state index in [9.17, 15) is 9.18 Å². The number of carbonyl (C=O) groups is 1. The molecule has 2 aliphatic heterocycles. The van der Waals surface area contributed by atoms with E-state index in [1.165, 1.54) is 11.1 Å². The average molecular weight is 516 g/mol. The summed E-state index contributed by atoms with van der Waals surface area (Å²) >= 11 is 0. The zero-order chi connectivity index (χ0) is 25.8. The average Bonchev–Trinajstić information content (AvgIpc) is 3.64. The van der Waals surface area contributed by atoms with Gasteiger partial charge in [-0.15, -0.1) is 0 Å². The first kappa shape index (κ1) is 23.3. The molecular formula is C28H30FN7O2. The fourth-order valence-corrected chi connectivity index (χ4v) is 6.09. The van der Waals surface area contributed by atoms with Crippen LogP contribution in [-0.4, -0.2) is 86.7 Å². The lowest BCUT2D eigenvalue weighted by molar-refractivity contribution is -0.148. The third-order valence-electron chi connectivity index (χ3n) is 8.33. The van der Waals surface area contributed by atoms with Crippen molar-refractivity contribution in [3.8, 4) is 28.3 Å². The fourth-order valence-electron chi connectivity index (χ4n) is 6.09. The van der Waals surface area contributed by atoms with Gasteiger partial charge in [0, 0.05) is 49.6 Å². The molecule has 10 heteroatoms. The highest BCUT2D eigenvalue weighted by molar-refractivity contribution is 5.93. The maximum atomic E-state index is 12.8. The summed E-state index contributed by atoms with van der Waals surface area (Å²) in [4.78, 5) is 21.6. The molecule has 0 spiro atoms. The number of aromatic amines is 1. The van der Waals surface area contributed by atoms with Crippen molar-refractivity contribution in [1.29, 1.82) is 0 Å². The molecule has 3 aromatic heterocycles. The Hall–Kier alpha value is -3.79. The molecule has 1 unspecified atom stereocenters. The number of nitrogens with zero attached hydrogens (tertiary/aromatic N) is 6. The van der Waals surface area contributed by atoms with Gasteiger partial charge in [-0.05, 0) is 36.8 Å². The number of halogens is 1. The van der Waals surface area contributed by atoms with Crippen molar-refractivity contribution in [2.45, 2.75) is 37.8 Å². The molecule has 0 bridgehead atoms. The van der Waals surface area contributed by atoms with Gasteiger partial charge in [0.15, 0.2) is 0 Å². The van der Waals surface area contributed by atoms with Crippen molar-refractivity contribution >= 4 is 16.9 Å². The molecule has 38 heavy (non-hydrogen) atoms. The van der Waals surface area contributed by atoms with Crippen LogP contribution in [0.4, 0.5) is 4.39 Å². The van der Waals surface area contributed by atoms with Gasteiger partial charge in [-0.25, -0.2) is 9.37 Å². The van der Waals surface area contributed by atoms with Crippen molar-refractivity contribution in [1.82, 2.24) is 34.8 Å². The highest BCUT2D eigenvalue weighted by atomic mass is 19.1. The van der Waals surface area contributed by atoms with Crippen molar-refractivity contribution in [3.05, 3.63) is 47.8 Å². The fraction of sp³-hybridized carbons (Fsp3) is 0.429. The maximum absolute atomic E-state index is 12.8. The van der Waals surface area contributed by atoms with E-state index in [4.69, 9.17) is 9.72 Å². The zero-order valence-corrected chi connectivity index (χ0v) is 21.4. The highest BCUT2D eigenvalue weighted by Crippen LogP contribution is 2.39. The molecule has 1 N–H and O–H groups in total. The van der Waals surface area contributed by atoms with Crippen molar-refractivity contribution in [3.63, 3.8) is 0 Å². The van der Waals surface area contributed by atoms with Gasteiger partial charge in [-0.2, -0.15) is 10.2 Å². The lowest BCUT2D eigenvalue weighted by Gasteiger charge is -2.46. The Morgan fingerprint density at radius 1 is 1.24 bits per heavy atom. The normalized spacial score (nSPS) is 19.4. The summed E-state index contributed by atoms with van der Waals surface area (Å²) in [6.45, 7) is 1.94. The van der Waals surface area contributed by atoms with Crippen LogP contribution >= 0.6 is 0 Å². The Morgan fingerprint density at radius 3 is 2.92 bits per heavy atom. The monoisotopic (exact) mass is 515 g/mol. The van der Waals surface area contributed by atoms with Gasteiger partial charge >= 0.3 is 0 Å². The number of ether oxygens (including phenoxy) is 1. The summed E-state index contributed by atoms with van der Waals surface area (Å²) in [7, 11) is 1.67. The number of rotatable bonds is 7. The minimum atomic E-state index is -0.416. The highest BCUT2D eigenvalue weighted by Gasteiger charge is 2.41. The molecule has 0 saturated carbocycles. The number of H-pyrrole nitrogens is 1. The first-order valence-corrected chi connectivity index (χ1v) is 13.3. The summed E-state index contributed by atoms with van der Waals surface area (Å²) in [5.74, 6) is 0.823. The number of pyridine rings is 1. The molecule has 1 amide bonds. The van der Waals surface area contributed by atoms with Crippen molar-refractivity contribution in [2.24, 2.45) is 0 Å². The Morgan fingerprint density at radius 2 is 2.13 bits per heavy atom. The predicted molar refractivity (Wildman–Crippen MR) is 141 cm³/mol. The zero-order valence-electron chi connectivity index (χ0n) is 21.4. The standard InChI is InChI=1S/C28H30FN7O2/c1-38-24-12-22-27(31-26(24)21-7-3-5-17-4-2-6-20(17)21)25(33-32-22)18-13-30-36(14-18)19-15-35(16-19)28(37)23-8-10-34(23)11-9-29/h3,5,7,12-14,19,23H,2,4,6,8-11,15-16H2,1H3,(H,32,33). The van der Waals surface area contributed by atoms with E-state index in [0.29, 0.717) is 19.6 Å². The summed E-state index contributed by atoms with van der Waals surface area (Å²) < 4.78 is 20.3. The summed E-state index contributed by atoms with van der Waals surface area (Å²) in [6.07, 6.45) is 7.91. The number of aryl methyl sites for hydroxylation is 1. The first-order chi connectivity index (χ1) is 18.6. The van der Waals surface area contributed by atoms with Gasteiger partial charge < -0.3 is 9.64 Å². The van der Waals surface area contributed by atoms with Gasteiger partial charge in [0.05, 0.1) is 30.9 Å². The molecule has 0 radical (unpaired) electrons. The molecule has 1 aliphatic carbocycles. The van der Waals surface area contributed by atoms with E-state index in [-0.39, 0.29) is 18.0 Å². The van der Waals surface area contributed by atoms with Gasteiger partial charge in [0.2, 0.25) is 5.91 Å². The maximum Gasteiger partial charge on any atom is 0.240 e. The number of hydrogen-bond acceptors (Lipinski definition) is 6. The number of carbonyl (C=O) groups excluding carboxylic acids is 1. The summed E-state index contributed by atoms with van der Waals surface area (Å²) in [5.41, 5.74) is 7.90. The SMILES string of the molecule is COc1cc2[nH]nc(-c3cnn(C4CN(C(=O)C5CCN5CCF)C4)c3)c2nc1-c1cccc2c1CCC2. The first-order valence-electron chi connectivity index (χ1n) is 13.3. The summed E-state index contributed by atoms with van der Waals surface area (Å²) in [5, 5.41) is 12.3. The molecule has 1 atom stereocenters. The topological polar surface area (TPSA) is 92.2 Å². The quantitative estimate of drug-likeness (QED) is 0.406. The molecule has 3 aliphatic rings. The Kier molecular flexibility index (Phi) is 5.65.